The van der Waals surface area contributed by atoms with Crippen molar-refractivity contribution < 1.29 is 9.22 Å². The molecule has 0 fully saturated rings. The molecule has 0 bridgehead atoms. The molecule has 0 amide bonds. The minimum atomic E-state index is -1.91. The van der Waals surface area contributed by atoms with E-state index in [-0.39, 0.29) is 17.1 Å². The van der Waals surface area contributed by atoms with E-state index in [2.05, 4.69) is 49.8 Å². The van der Waals surface area contributed by atoms with Crippen LogP contribution in [0, 0.1) is 5.92 Å². The number of benzene rings is 1. The van der Waals surface area contributed by atoms with Crippen molar-refractivity contribution in [2.75, 3.05) is 0 Å². The Hall–Kier alpha value is -0.453. The third kappa shape index (κ3) is 4.27. The van der Waals surface area contributed by atoms with Crippen molar-refractivity contribution in [3.63, 3.8) is 0 Å². The first-order chi connectivity index (χ1) is 9.08. The quantitative estimate of drug-likeness (QED) is 0.525. The van der Waals surface area contributed by atoms with Crippen molar-refractivity contribution in [2.24, 2.45) is 5.92 Å². The summed E-state index contributed by atoms with van der Waals surface area (Å²) in [5.41, 5.74) is 1.07. The number of rotatable bonds is 5. The van der Waals surface area contributed by atoms with Gasteiger partial charge >= 0.3 is 0 Å². The molecule has 0 N–H and O–H groups in total. The molecule has 1 aromatic rings. The van der Waals surface area contributed by atoms with Crippen LogP contribution >= 0.6 is 15.9 Å². The van der Waals surface area contributed by atoms with Gasteiger partial charge in [0.05, 0.1) is 6.10 Å². The maximum absolute atomic E-state index is 11.2. The van der Waals surface area contributed by atoms with Gasteiger partial charge in [-0.05, 0) is 35.8 Å². The second kappa shape index (κ2) is 6.54. The fourth-order valence-corrected chi connectivity index (χ4v) is 3.30. The summed E-state index contributed by atoms with van der Waals surface area (Å²) in [4.78, 5) is 11.2. The minimum absolute atomic E-state index is 0.128. The molecule has 20 heavy (non-hydrogen) atoms. The van der Waals surface area contributed by atoms with Crippen molar-refractivity contribution in [1.29, 1.82) is 0 Å². The van der Waals surface area contributed by atoms with Gasteiger partial charge in [0.25, 0.3) is 0 Å². The standard InChI is InChI=1S/C16H25BrO2Si/c1-12(11-18)15(13-7-9-14(17)10-8-13)19-20(5,6)16(2,3)4/h7-12,15H,1-6H3/t12-,15-/m0/s1. The molecule has 0 spiro atoms. The topological polar surface area (TPSA) is 26.3 Å². The third-order valence-electron chi connectivity index (χ3n) is 4.12. The van der Waals surface area contributed by atoms with Gasteiger partial charge in [0.15, 0.2) is 8.32 Å². The van der Waals surface area contributed by atoms with Gasteiger partial charge < -0.3 is 9.22 Å². The first kappa shape index (κ1) is 17.6. The van der Waals surface area contributed by atoms with E-state index >= 15 is 0 Å². The van der Waals surface area contributed by atoms with Crippen LogP contribution in [-0.2, 0) is 9.22 Å². The van der Waals surface area contributed by atoms with E-state index < -0.39 is 8.32 Å². The summed E-state index contributed by atoms with van der Waals surface area (Å²) in [6, 6.07) is 8.05. The zero-order chi connectivity index (χ0) is 15.6. The molecular formula is C16H25BrO2Si. The Morgan fingerprint density at radius 1 is 1.20 bits per heavy atom. The van der Waals surface area contributed by atoms with E-state index in [1.165, 1.54) is 0 Å². The molecule has 0 aromatic heterocycles. The average molecular weight is 357 g/mol. The highest BCUT2D eigenvalue weighted by Crippen LogP contribution is 2.41. The van der Waals surface area contributed by atoms with Gasteiger partial charge in [-0.25, -0.2) is 0 Å². The summed E-state index contributed by atoms with van der Waals surface area (Å²) in [6.07, 6.45) is 0.821. The Morgan fingerprint density at radius 3 is 2.10 bits per heavy atom. The van der Waals surface area contributed by atoms with Crippen molar-refractivity contribution >= 4 is 30.5 Å². The molecule has 2 atom stereocenters. The van der Waals surface area contributed by atoms with E-state index in [0.29, 0.717) is 0 Å². The molecule has 112 valence electrons. The Kier molecular flexibility index (Phi) is 5.76. The number of halogens is 1. The Morgan fingerprint density at radius 2 is 1.70 bits per heavy atom. The molecule has 0 radical (unpaired) electrons. The molecule has 0 aliphatic heterocycles. The van der Waals surface area contributed by atoms with Gasteiger partial charge in [0.2, 0.25) is 0 Å². The molecule has 0 aliphatic carbocycles. The fourth-order valence-electron chi connectivity index (χ4n) is 1.70. The lowest BCUT2D eigenvalue weighted by Crippen LogP contribution is -2.43. The highest BCUT2D eigenvalue weighted by Gasteiger charge is 2.40. The molecule has 0 heterocycles. The molecule has 0 unspecified atom stereocenters. The Labute approximate surface area is 132 Å². The summed E-state index contributed by atoms with van der Waals surface area (Å²) in [6.45, 7) is 13.0. The summed E-state index contributed by atoms with van der Waals surface area (Å²) >= 11 is 3.44. The highest BCUT2D eigenvalue weighted by atomic mass is 79.9. The van der Waals surface area contributed by atoms with Crippen LogP contribution < -0.4 is 0 Å². The molecule has 1 rings (SSSR count). The zero-order valence-corrected chi connectivity index (χ0v) is 15.8. The van der Waals surface area contributed by atoms with E-state index in [1.54, 1.807) is 0 Å². The van der Waals surface area contributed by atoms with Crippen LogP contribution in [0.3, 0.4) is 0 Å². The van der Waals surface area contributed by atoms with Gasteiger partial charge in [-0.15, -0.1) is 0 Å². The van der Waals surface area contributed by atoms with Crippen molar-refractivity contribution in [1.82, 2.24) is 0 Å². The van der Waals surface area contributed by atoms with Crippen LogP contribution in [0.15, 0.2) is 28.7 Å². The van der Waals surface area contributed by atoms with Gasteiger partial charge in [-0.2, -0.15) is 0 Å². The maximum Gasteiger partial charge on any atom is 0.192 e. The molecule has 2 nitrogen and oxygen atoms in total. The van der Waals surface area contributed by atoms with E-state index in [9.17, 15) is 4.79 Å². The number of hydrogen-bond acceptors (Lipinski definition) is 2. The van der Waals surface area contributed by atoms with Crippen LogP contribution in [0.4, 0.5) is 0 Å². The smallest absolute Gasteiger partial charge is 0.192 e. The number of carbonyl (C=O) groups is 1. The lowest BCUT2D eigenvalue weighted by atomic mass is 9.99. The second-order valence-corrected chi connectivity index (χ2v) is 12.5. The van der Waals surface area contributed by atoms with E-state index in [4.69, 9.17) is 4.43 Å². The van der Waals surface area contributed by atoms with Gasteiger partial charge in [-0.3, -0.25) is 0 Å². The van der Waals surface area contributed by atoms with Gasteiger partial charge in [-0.1, -0.05) is 55.8 Å². The average Bonchev–Trinajstić information content (AvgIpc) is 2.35. The molecule has 4 heteroatoms. The first-order valence-electron chi connectivity index (χ1n) is 6.97. The van der Waals surface area contributed by atoms with E-state index in [1.807, 2.05) is 31.2 Å². The lowest BCUT2D eigenvalue weighted by Gasteiger charge is -2.40. The van der Waals surface area contributed by atoms with Crippen LogP contribution in [0.25, 0.3) is 0 Å². The molecule has 0 aliphatic rings. The van der Waals surface area contributed by atoms with Crippen LogP contribution in [0.1, 0.15) is 39.4 Å². The number of hydrogen-bond donors (Lipinski definition) is 0. The Balaban J connectivity index is 3.08. The lowest BCUT2D eigenvalue weighted by molar-refractivity contribution is -0.113. The van der Waals surface area contributed by atoms with Gasteiger partial charge in [0, 0.05) is 10.4 Å². The third-order valence-corrected chi connectivity index (χ3v) is 9.10. The predicted molar refractivity (Wildman–Crippen MR) is 90.4 cm³/mol. The summed E-state index contributed by atoms with van der Waals surface area (Å²) in [5, 5.41) is 0.128. The summed E-state index contributed by atoms with van der Waals surface area (Å²) in [7, 11) is -1.91. The van der Waals surface area contributed by atoms with Crippen LogP contribution in [-0.4, -0.2) is 14.6 Å². The monoisotopic (exact) mass is 356 g/mol. The molecule has 1 aromatic carbocycles. The van der Waals surface area contributed by atoms with Crippen LogP contribution in [0.2, 0.25) is 18.1 Å². The SMILES string of the molecule is C[C@@H](C=O)[C@H](O[Si](C)(C)C(C)(C)C)c1ccc(Br)cc1. The predicted octanol–water partition coefficient (Wildman–Crippen LogP) is 5.35. The fraction of sp³-hybridized carbons (Fsp3) is 0.562. The normalized spacial score (nSPS) is 15.8. The zero-order valence-electron chi connectivity index (χ0n) is 13.2. The number of carbonyl (C=O) groups excluding carboxylic acids is 1. The van der Waals surface area contributed by atoms with Gasteiger partial charge in [0.1, 0.15) is 6.29 Å². The maximum atomic E-state index is 11.2. The molecule has 0 saturated heterocycles. The summed E-state index contributed by atoms with van der Waals surface area (Å²) < 4.78 is 7.51. The van der Waals surface area contributed by atoms with Crippen molar-refractivity contribution in [3.05, 3.63) is 34.3 Å². The molecule has 0 saturated carbocycles. The second-order valence-electron chi connectivity index (χ2n) is 6.85. The largest absolute Gasteiger partial charge is 0.409 e. The highest BCUT2D eigenvalue weighted by molar-refractivity contribution is 9.10. The summed E-state index contributed by atoms with van der Waals surface area (Å²) in [5.74, 6) is -0.148. The van der Waals surface area contributed by atoms with Crippen molar-refractivity contribution in [2.45, 2.75) is 51.9 Å². The molecular weight excluding hydrogens is 332 g/mol. The van der Waals surface area contributed by atoms with Crippen LogP contribution in [0.5, 0.6) is 0 Å². The van der Waals surface area contributed by atoms with E-state index in [0.717, 1.165) is 16.3 Å². The first-order valence-corrected chi connectivity index (χ1v) is 10.7. The Bertz CT molecular complexity index is 449. The van der Waals surface area contributed by atoms with Crippen molar-refractivity contribution in [3.8, 4) is 0 Å². The minimum Gasteiger partial charge on any atom is -0.409 e. The number of aldehydes is 1.